The predicted octanol–water partition coefficient (Wildman–Crippen LogP) is 2.06. The predicted molar refractivity (Wildman–Crippen MR) is 93.4 cm³/mol. The van der Waals surface area contributed by atoms with E-state index in [0.717, 1.165) is 28.9 Å². The van der Waals surface area contributed by atoms with E-state index in [1.165, 1.54) is 0 Å². The zero-order chi connectivity index (χ0) is 18.6. The molecule has 8 nitrogen and oxygen atoms in total. The molecule has 2 aromatic heterocycles. The van der Waals surface area contributed by atoms with Crippen LogP contribution in [0.3, 0.4) is 0 Å². The van der Waals surface area contributed by atoms with Gasteiger partial charge in [-0.2, -0.15) is 5.10 Å². The number of hydrogen-bond donors (Lipinski definition) is 3. The van der Waals surface area contributed by atoms with Gasteiger partial charge in [-0.25, -0.2) is 9.89 Å². The van der Waals surface area contributed by atoms with E-state index in [1.54, 1.807) is 0 Å². The first-order chi connectivity index (χ1) is 11.9. The summed E-state index contributed by atoms with van der Waals surface area (Å²) in [5.74, 6) is 0.678. The second-order valence-electron chi connectivity index (χ2n) is 5.95. The molecule has 0 aliphatic rings. The largest absolute Gasteiger partial charge is 0.361 e. The van der Waals surface area contributed by atoms with E-state index in [4.69, 9.17) is 4.52 Å². The van der Waals surface area contributed by atoms with Crippen molar-refractivity contribution in [1.29, 1.82) is 0 Å². The molecule has 1 atom stereocenters. The van der Waals surface area contributed by atoms with Gasteiger partial charge in [-0.15, -0.1) is 0 Å². The number of hydrogen-bond acceptors (Lipinski definition) is 5. The van der Waals surface area contributed by atoms with Crippen molar-refractivity contribution in [2.45, 2.75) is 60.0 Å². The SMILES string of the molecule is CCc1n[nH]c(=O)c(CNC(=O)N[C@@H](C)c2c(C)noc2C)c1CC. The number of aromatic amines is 1. The van der Waals surface area contributed by atoms with Crippen molar-refractivity contribution in [2.24, 2.45) is 0 Å². The van der Waals surface area contributed by atoms with Gasteiger partial charge in [0.2, 0.25) is 0 Å². The Bertz CT molecular complexity index is 790. The van der Waals surface area contributed by atoms with Crippen LogP contribution in [-0.4, -0.2) is 21.4 Å². The normalized spacial score (nSPS) is 12.0. The number of rotatable bonds is 6. The zero-order valence-electron chi connectivity index (χ0n) is 15.3. The first kappa shape index (κ1) is 18.7. The van der Waals surface area contributed by atoms with E-state index in [9.17, 15) is 9.59 Å². The maximum Gasteiger partial charge on any atom is 0.315 e. The molecule has 0 aliphatic carbocycles. The second kappa shape index (κ2) is 7.96. The number of carbonyl (C=O) groups is 1. The van der Waals surface area contributed by atoms with Crippen LogP contribution in [0.15, 0.2) is 9.32 Å². The Morgan fingerprint density at radius 2 is 1.96 bits per heavy atom. The van der Waals surface area contributed by atoms with Crippen LogP contribution in [-0.2, 0) is 19.4 Å². The highest BCUT2D eigenvalue weighted by molar-refractivity contribution is 5.74. The van der Waals surface area contributed by atoms with Crippen LogP contribution < -0.4 is 16.2 Å². The summed E-state index contributed by atoms with van der Waals surface area (Å²) < 4.78 is 5.12. The van der Waals surface area contributed by atoms with Gasteiger partial charge in [-0.3, -0.25) is 4.79 Å². The maximum absolute atomic E-state index is 12.2. The Hall–Kier alpha value is -2.64. The monoisotopic (exact) mass is 347 g/mol. The number of urea groups is 1. The summed E-state index contributed by atoms with van der Waals surface area (Å²) in [4.78, 5) is 24.3. The third kappa shape index (κ3) is 4.07. The molecule has 0 radical (unpaired) electrons. The van der Waals surface area contributed by atoms with E-state index < -0.39 is 0 Å². The molecule has 0 aliphatic heterocycles. The van der Waals surface area contributed by atoms with Gasteiger partial charge < -0.3 is 15.2 Å². The molecule has 0 fully saturated rings. The smallest absolute Gasteiger partial charge is 0.315 e. The molecular formula is C17H25N5O3. The van der Waals surface area contributed by atoms with Crippen molar-refractivity contribution < 1.29 is 9.32 Å². The van der Waals surface area contributed by atoms with Crippen molar-refractivity contribution in [3.05, 3.63) is 44.2 Å². The quantitative estimate of drug-likeness (QED) is 0.740. The van der Waals surface area contributed by atoms with E-state index in [1.807, 2.05) is 34.6 Å². The fourth-order valence-electron chi connectivity index (χ4n) is 3.06. The molecule has 0 spiro atoms. The zero-order valence-corrected chi connectivity index (χ0v) is 15.3. The van der Waals surface area contributed by atoms with Crippen molar-refractivity contribution in [3.8, 4) is 0 Å². The van der Waals surface area contributed by atoms with Gasteiger partial charge >= 0.3 is 6.03 Å². The molecule has 8 heteroatoms. The summed E-state index contributed by atoms with van der Waals surface area (Å²) in [7, 11) is 0. The number of H-pyrrole nitrogens is 1. The van der Waals surface area contributed by atoms with Crippen molar-refractivity contribution >= 4 is 6.03 Å². The minimum Gasteiger partial charge on any atom is -0.361 e. The molecule has 2 aromatic rings. The fourth-order valence-corrected chi connectivity index (χ4v) is 3.06. The summed E-state index contributed by atoms with van der Waals surface area (Å²) >= 11 is 0. The molecule has 0 unspecified atom stereocenters. The number of amides is 2. The third-order valence-corrected chi connectivity index (χ3v) is 4.26. The number of aryl methyl sites for hydroxylation is 3. The highest BCUT2D eigenvalue weighted by atomic mass is 16.5. The first-order valence-electron chi connectivity index (χ1n) is 8.45. The van der Waals surface area contributed by atoms with Crippen molar-refractivity contribution in [3.63, 3.8) is 0 Å². The molecular weight excluding hydrogens is 322 g/mol. The molecule has 2 amide bonds. The molecule has 3 N–H and O–H groups in total. The van der Waals surface area contributed by atoms with Crippen LogP contribution in [0.25, 0.3) is 0 Å². The Morgan fingerprint density at radius 3 is 2.52 bits per heavy atom. The van der Waals surface area contributed by atoms with Crippen LogP contribution >= 0.6 is 0 Å². The van der Waals surface area contributed by atoms with Crippen LogP contribution in [0.1, 0.15) is 60.7 Å². The van der Waals surface area contributed by atoms with Gasteiger partial charge in [0.25, 0.3) is 5.56 Å². The van der Waals surface area contributed by atoms with Gasteiger partial charge in [0, 0.05) is 11.1 Å². The topological polar surface area (TPSA) is 113 Å². The molecule has 0 aromatic carbocycles. The van der Waals surface area contributed by atoms with E-state index >= 15 is 0 Å². The highest BCUT2D eigenvalue weighted by Gasteiger charge is 2.19. The van der Waals surface area contributed by atoms with E-state index in [-0.39, 0.29) is 24.2 Å². The lowest BCUT2D eigenvalue weighted by Gasteiger charge is -2.15. The Labute approximate surface area is 146 Å². The minimum atomic E-state index is -0.358. The van der Waals surface area contributed by atoms with E-state index in [2.05, 4.69) is 26.0 Å². The van der Waals surface area contributed by atoms with Crippen molar-refractivity contribution in [2.75, 3.05) is 0 Å². The van der Waals surface area contributed by atoms with Crippen LogP contribution in [0.2, 0.25) is 0 Å². The lowest BCUT2D eigenvalue weighted by atomic mass is 10.0. The molecule has 136 valence electrons. The number of nitrogens with one attached hydrogen (secondary N) is 3. The average molecular weight is 347 g/mol. The van der Waals surface area contributed by atoms with Gasteiger partial charge in [0.1, 0.15) is 5.76 Å². The lowest BCUT2D eigenvalue weighted by molar-refractivity contribution is 0.237. The maximum atomic E-state index is 12.2. The van der Waals surface area contributed by atoms with Gasteiger partial charge in [0.05, 0.1) is 24.0 Å². The van der Waals surface area contributed by atoms with Crippen LogP contribution in [0.5, 0.6) is 0 Å². The summed E-state index contributed by atoms with van der Waals surface area (Å²) in [6.45, 7) is 9.60. The second-order valence-corrected chi connectivity index (χ2v) is 5.95. The first-order valence-corrected chi connectivity index (χ1v) is 8.45. The van der Waals surface area contributed by atoms with Gasteiger partial charge in [-0.05, 0) is 39.2 Å². The molecule has 2 rings (SSSR count). The summed E-state index contributed by atoms with van der Waals surface area (Å²) in [5.41, 5.74) is 3.63. The van der Waals surface area contributed by atoms with Gasteiger partial charge in [0.15, 0.2) is 0 Å². The average Bonchev–Trinajstić information content (AvgIpc) is 2.91. The molecule has 2 heterocycles. The van der Waals surface area contributed by atoms with Crippen LogP contribution in [0.4, 0.5) is 4.79 Å². The third-order valence-electron chi connectivity index (χ3n) is 4.26. The van der Waals surface area contributed by atoms with Crippen molar-refractivity contribution in [1.82, 2.24) is 26.0 Å². The molecule has 0 saturated carbocycles. The summed E-state index contributed by atoms with van der Waals surface area (Å²) in [6, 6.07) is -0.609. The number of carbonyl (C=O) groups excluding carboxylic acids is 1. The standard InChI is InChI=1S/C17H25N5O3/c1-6-12-13(16(23)21-20-14(12)7-2)8-18-17(24)19-9(3)15-10(4)22-25-11(15)5/h9H,6-8H2,1-5H3,(H,21,23)(H2,18,19,24)/t9-/m0/s1. The Kier molecular flexibility index (Phi) is 5.95. The molecule has 0 saturated heterocycles. The minimum absolute atomic E-state index is 0.147. The van der Waals surface area contributed by atoms with Gasteiger partial charge in [-0.1, -0.05) is 19.0 Å². The number of nitrogens with zero attached hydrogens (tertiary/aromatic N) is 2. The Balaban J connectivity index is 2.07. The molecule has 25 heavy (non-hydrogen) atoms. The number of aromatic nitrogens is 3. The highest BCUT2D eigenvalue weighted by Crippen LogP contribution is 2.20. The van der Waals surface area contributed by atoms with E-state index in [0.29, 0.717) is 17.7 Å². The lowest BCUT2D eigenvalue weighted by Crippen LogP contribution is -2.38. The Morgan fingerprint density at radius 1 is 1.24 bits per heavy atom. The fraction of sp³-hybridized carbons (Fsp3) is 0.529. The summed E-state index contributed by atoms with van der Waals surface area (Å²) in [6.07, 6.45) is 1.41. The van der Waals surface area contributed by atoms with Crippen LogP contribution in [0, 0.1) is 13.8 Å². The molecule has 0 bridgehead atoms. The summed E-state index contributed by atoms with van der Waals surface area (Å²) in [5, 5.41) is 16.1.